The molecule has 0 saturated heterocycles. The van der Waals surface area contributed by atoms with Crippen LogP contribution in [-0.4, -0.2) is 54.0 Å². The standard InChI is InChI=1S/C23H23IO7/c1-23(26,10-24)19-7-13-14(30-19)5-4-11-21(25)20-12-6-16(27-2)17(28-3)8-15(12)29-9-18(20)31-22(11)13/h4-6,8,18-20,26H,7,9-10H2,1-3H3/t18-,19?,20+,23+/m1/s1/i24-2. The van der Waals surface area contributed by atoms with Crippen LogP contribution in [0.1, 0.15) is 34.3 Å². The number of methoxy groups -OCH3 is 2. The summed E-state index contributed by atoms with van der Waals surface area (Å²) in [5, 5.41) is 10.7. The summed E-state index contributed by atoms with van der Waals surface area (Å²) in [5.74, 6) is 2.37. The Morgan fingerprint density at radius 3 is 2.61 bits per heavy atom. The van der Waals surface area contributed by atoms with Crippen LogP contribution in [-0.2, 0) is 6.42 Å². The number of Topliss-reactive ketones (excluding diaryl/α,β-unsaturated/α-hetero) is 1. The van der Waals surface area contributed by atoms with E-state index in [-0.39, 0.29) is 18.5 Å². The maximum Gasteiger partial charge on any atom is 0.178 e. The number of alkyl halides is 1. The number of aliphatic hydroxyl groups is 1. The van der Waals surface area contributed by atoms with E-state index in [1.165, 1.54) is 0 Å². The molecule has 7 nitrogen and oxygen atoms in total. The van der Waals surface area contributed by atoms with E-state index in [9.17, 15) is 9.90 Å². The number of ketones is 1. The molecule has 0 radical (unpaired) electrons. The minimum Gasteiger partial charge on any atom is -0.493 e. The third-order valence-corrected chi connectivity index (χ3v) is 7.83. The van der Waals surface area contributed by atoms with Crippen LogP contribution in [0.3, 0.4) is 0 Å². The molecule has 0 aliphatic carbocycles. The van der Waals surface area contributed by atoms with Crippen molar-refractivity contribution in [2.45, 2.75) is 37.1 Å². The topological polar surface area (TPSA) is 83.5 Å². The van der Waals surface area contributed by atoms with Gasteiger partial charge in [0, 0.05) is 28.0 Å². The number of carbonyl (C=O) groups is 1. The first kappa shape index (κ1) is 20.7. The molecule has 1 N–H and O–H groups in total. The first-order chi connectivity index (χ1) is 14.9. The molecule has 0 saturated carbocycles. The fraction of sp³-hybridized carbons (Fsp3) is 0.435. The van der Waals surface area contributed by atoms with E-state index in [1.807, 2.05) is 0 Å². The lowest BCUT2D eigenvalue weighted by atomic mass is 9.81. The number of halogens is 1. The van der Waals surface area contributed by atoms with E-state index in [0.717, 1.165) is 11.1 Å². The summed E-state index contributed by atoms with van der Waals surface area (Å²) < 4.78 is 29.6. The summed E-state index contributed by atoms with van der Waals surface area (Å²) in [6, 6.07) is 7.10. The Morgan fingerprint density at radius 2 is 1.90 bits per heavy atom. The van der Waals surface area contributed by atoms with E-state index < -0.39 is 17.6 Å². The summed E-state index contributed by atoms with van der Waals surface area (Å²) in [6.45, 7) is 2.01. The second-order valence-electron chi connectivity index (χ2n) is 8.27. The molecule has 1 unspecified atom stereocenters. The average molecular weight is 536 g/mol. The number of ether oxygens (including phenoxy) is 5. The van der Waals surface area contributed by atoms with Crippen molar-refractivity contribution < 1.29 is 33.6 Å². The van der Waals surface area contributed by atoms with Gasteiger partial charge >= 0.3 is 0 Å². The Balaban J connectivity index is 1.55. The van der Waals surface area contributed by atoms with Crippen LogP contribution in [0.2, 0.25) is 0 Å². The van der Waals surface area contributed by atoms with Crippen LogP contribution in [0.15, 0.2) is 24.3 Å². The number of hydrogen-bond donors (Lipinski definition) is 1. The molecule has 0 aromatic heterocycles. The lowest BCUT2D eigenvalue weighted by Gasteiger charge is -2.37. The van der Waals surface area contributed by atoms with Crippen LogP contribution >= 0.6 is 22.6 Å². The highest BCUT2D eigenvalue weighted by Gasteiger charge is 2.47. The van der Waals surface area contributed by atoms with Gasteiger partial charge in [-0.1, -0.05) is 22.6 Å². The Morgan fingerprint density at radius 1 is 1.16 bits per heavy atom. The summed E-state index contributed by atoms with van der Waals surface area (Å²) in [5.41, 5.74) is 1.11. The van der Waals surface area contributed by atoms with Crippen LogP contribution < -0.4 is 23.7 Å². The molecule has 31 heavy (non-hydrogen) atoms. The zero-order valence-corrected chi connectivity index (χ0v) is 19.6. The third kappa shape index (κ3) is 3.14. The fourth-order valence-electron chi connectivity index (χ4n) is 4.50. The van der Waals surface area contributed by atoms with E-state index in [0.29, 0.717) is 45.2 Å². The molecule has 0 fully saturated rings. The summed E-state index contributed by atoms with van der Waals surface area (Å²) >= 11 is 2.15. The van der Waals surface area contributed by atoms with Crippen molar-refractivity contribution in [3.05, 3.63) is 41.0 Å². The maximum absolute atomic E-state index is 13.6. The van der Waals surface area contributed by atoms with Gasteiger partial charge < -0.3 is 28.8 Å². The minimum absolute atomic E-state index is 0.0186. The van der Waals surface area contributed by atoms with Gasteiger partial charge in [-0.25, -0.2) is 0 Å². The van der Waals surface area contributed by atoms with E-state index >= 15 is 0 Å². The van der Waals surface area contributed by atoms with Crippen molar-refractivity contribution in [3.8, 4) is 28.7 Å². The molecule has 8 heteroatoms. The summed E-state index contributed by atoms with van der Waals surface area (Å²) in [4.78, 5) is 13.6. The number of carbonyl (C=O) groups excluding carboxylic acids is 1. The van der Waals surface area contributed by atoms with Crippen LogP contribution in [0, 0.1) is 0 Å². The minimum atomic E-state index is -0.976. The fourth-order valence-corrected chi connectivity index (χ4v) is 4.99. The molecule has 3 aliphatic rings. The number of benzene rings is 2. The molecule has 0 amide bonds. The Labute approximate surface area is 193 Å². The van der Waals surface area contributed by atoms with Crippen LogP contribution in [0.4, 0.5) is 0 Å². The van der Waals surface area contributed by atoms with Gasteiger partial charge in [0.25, 0.3) is 0 Å². The normalized spacial score (nSPS) is 24.9. The molecule has 0 bridgehead atoms. The molecular weight excluding hydrogens is 513 g/mol. The van der Waals surface area contributed by atoms with Crippen molar-refractivity contribution in [3.63, 3.8) is 0 Å². The van der Waals surface area contributed by atoms with Crippen molar-refractivity contribution in [1.82, 2.24) is 0 Å². The number of hydrogen-bond acceptors (Lipinski definition) is 7. The summed E-state index contributed by atoms with van der Waals surface area (Å²) in [6.07, 6.45) is -0.356. The van der Waals surface area contributed by atoms with Crippen molar-refractivity contribution >= 4 is 28.4 Å². The quantitative estimate of drug-likeness (QED) is 0.475. The molecule has 3 aliphatic heterocycles. The number of fused-ring (bicyclic) bond motifs is 6. The third-order valence-electron chi connectivity index (χ3n) is 6.28. The SMILES string of the molecule is COc1cc2c(cc1OC)[C@@H]1C(=O)c3ccc4c(c3O[C@@H]1CO2)CC([C@@](C)(O)C[125I])O4. The smallest absolute Gasteiger partial charge is 0.178 e. The predicted molar refractivity (Wildman–Crippen MR) is 121 cm³/mol. The molecule has 4 atom stereocenters. The second-order valence-corrected chi connectivity index (χ2v) is 9.04. The molecule has 0 spiro atoms. The number of rotatable bonds is 4. The van der Waals surface area contributed by atoms with Gasteiger partial charge in [-0.2, -0.15) is 0 Å². The monoisotopic (exact) mass is 536 g/mol. The van der Waals surface area contributed by atoms with E-state index in [1.54, 1.807) is 45.4 Å². The van der Waals surface area contributed by atoms with Gasteiger partial charge in [-0.05, 0) is 25.1 Å². The molecule has 164 valence electrons. The first-order valence-corrected chi connectivity index (χ1v) is 11.6. The van der Waals surface area contributed by atoms with Crippen LogP contribution in [0.25, 0.3) is 0 Å². The Kier molecular flexibility index (Phi) is 4.97. The van der Waals surface area contributed by atoms with Gasteiger partial charge in [0.2, 0.25) is 0 Å². The largest absolute Gasteiger partial charge is 0.493 e. The lowest BCUT2D eigenvalue weighted by molar-refractivity contribution is -0.0167. The molecular formula is C23H23IO7. The van der Waals surface area contributed by atoms with Gasteiger partial charge in [0.1, 0.15) is 41.7 Å². The van der Waals surface area contributed by atoms with E-state index in [4.69, 9.17) is 23.7 Å². The first-order valence-electron chi connectivity index (χ1n) is 10.1. The Bertz CT molecular complexity index is 1060. The molecule has 3 heterocycles. The zero-order chi connectivity index (χ0) is 21.9. The summed E-state index contributed by atoms with van der Waals surface area (Å²) in [7, 11) is 3.12. The van der Waals surface area contributed by atoms with Crippen LogP contribution in [0.5, 0.6) is 28.7 Å². The highest BCUT2D eigenvalue weighted by atomic mass is 125. The maximum atomic E-state index is 13.6. The lowest BCUT2D eigenvalue weighted by Crippen LogP contribution is -2.44. The van der Waals surface area contributed by atoms with Crippen molar-refractivity contribution in [1.29, 1.82) is 0 Å². The second kappa shape index (κ2) is 7.44. The predicted octanol–water partition coefficient (Wildman–Crippen LogP) is 3.31. The molecule has 2 aromatic carbocycles. The van der Waals surface area contributed by atoms with Gasteiger partial charge in [0.05, 0.1) is 25.7 Å². The van der Waals surface area contributed by atoms with Crippen molar-refractivity contribution in [2.24, 2.45) is 0 Å². The highest BCUT2D eigenvalue weighted by molar-refractivity contribution is 14.1. The van der Waals surface area contributed by atoms with Gasteiger partial charge in [-0.3, -0.25) is 4.79 Å². The average Bonchev–Trinajstić information content (AvgIpc) is 3.23. The molecule has 5 rings (SSSR count). The van der Waals surface area contributed by atoms with Gasteiger partial charge in [0.15, 0.2) is 17.3 Å². The highest BCUT2D eigenvalue weighted by Crippen LogP contribution is 2.50. The Hall–Kier alpha value is -2.20. The zero-order valence-electron chi connectivity index (χ0n) is 17.4. The van der Waals surface area contributed by atoms with Crippen molar-refractivity contribution in [2.75, 3.05) is 25.3 Å². The van der Waals surface area contributed by atoms with E-state index in [2.05, 4.69) is 22.6 Å². The van der Waals surface area contributed by atoms with Gasteiger partial charge in [-0.15, -0.1) is 0 Å². The molecule has 2 aromatic rings.